The number of benzene rings is 1. The summed E-state index contributed by atoms with van der Waals surface area (Å²) in [6.07, 6.45) is 3.39. The van der Waals surface area contributed by atoms with Gasteiger partial charge in [-0.3, -0.25) is 4.79 Å². The molecule has 0 fully saturated rings. The Morgan fingerprint density at radius 3 is 2.89 bits per heavy atom. The first-order valence-corrected chi connectivity index (χ1v) is 6.30. The Labute approximate surface area is 106 Å². The van der Waals surface area contributed by atoms with Crippen LogP contribution in [0.5, 0.6) is 0 Å². The molecule has 0 saturated carbocycles. The van der Waals surface area contributed by atoms with Crippen LogP contribution in [0.15, 0.2) is 42.6 Å². The minimum Gasteiger partial charge on any atom is -0.365 e. The average Bonchev–Trinajstić information content (AvgIpc) is 2.87. The zero-order valence-electron chi connectivity index (χ0n) is 10.2. The van der Waals surface area contributed by atoms with E-state index in [9.17, 15) is 4.79 Å². The molecule has 3 heteroatoms. The topological polar surface area (TPSA) is 36.1 Å². The van der Waals surface area contributed by atoms with Gasteiger partial charge in [-0.25, -0.2) is 0 Å². The summed E-state index contributed by atoms with van der Waals surface area (Å²) in [6, 6.07) is 12.0. The summed E-state index contributed by atoms with van der Waals surface area (Å²) in [5.74, 6) is 0.216. The van der Waals surface area contributed by atoms with Crippen LogP contribution < -0.4 is 0 Å². The van der Waals surface area contributed by atoms with Gasteiger partial charge >= 0.3 is 0 Å². The second kappa shape index (κ2) is 4.69. The summed E-state index contributed by atoms with van der Waals surface area (Å²) >= 11 is 0. The lowest BCUT2D eigenvalue weighted by molar-refractivity contribution is -0.131. The van der Waals surface area contributed by atoms with E-state index in [-0.39, 0.29) is 5.91 Å². The van der Waals surface area contributed by atoms with Crippen molar-refractivity contribution in [3.05, 3.63) is 59.4 Å². The molecule has 0 spiro atoms. The highest BCUT2D eigenvalue weighted by atomic mass is 16.2. The summed E-state index contributed by atoms with van der Waals surface area (Å²) in [5.41, 5.74) is 3.61. The highest BCUT2D eigenvalue weighted by Crippen LogP contribution is 2.18. The molecule has 0 radical (unpaired) electrons. The van der Waals surface area contributed by atoms with Crippen LogP contribution in [0.4, 0.5) is 0 Å². The molecule has 3 nitrogen and oxygen atoms in total. The lowest BCUT2D eigenvalue weighted by atomic mass is 10.1. The summed E-state index contributed by atoms with van der Waals surface area (Å²) in [5, 5.41) is 0. The van der Waals surface area contributed by atoms with Crippen molar-refractivity contribution in [1.82, 2.24) is 9.88 Å². The summed E-state index contributed by atoms with van der Waals surface area (Å²) in [7, 11) is 0. The highest BCUT2D eigenvalue weighted by Gasteiger charge is 2.20. The van der Waals surface area contributed by atoms with Gasteiger partial charge in [0.25, 0.3) is 0 Å². The van der Waals surface area contributed by atoms with Crippen LogP contribution in [0, 0.1) is 0 Å². The molecule has 1 aliphatic rings. The van der Waals surface area contributed by atoms with Crippen molar-refractivity contribution < 1.29 is 4.79 Å². The van der Waals surface area contributed by atoms with Gasteiger partial charge in [-0.15, -0.1) is 0 Å². The van der Waals surface area contributed by atoms with Crippen LogP contribution in [0.2, 0.25) is 0 Å². The fraction of sp³-hybridized carbons (Fsp3) is 0.267. The zero-order chi connectivity index (χ0) is 12.4. The zero-order valence-corrected chi connectivity index (χ0v) is 10.2. The molecule has 0 unspecified atom stereocenters. The van der Waals surface area contributed by atoms with Crippen LogP contribution >= 0.6 is 0 Å². The van der Waals surface area contributed by atoms with E-state index < -0.39 is 0 Å². The first kappa shape index (κ1) is 11.1. The maximum absolute atomic E-state index is 12.2. The van der Waals surface area contributed by atoms with E-state index in [1.165, 1.54) is 11.3 Å². The number of nitrogens with zero attached hydrogens (tertiary/aromatic N) is 1. The summed E-state index contributed by atoms with van der Waals surface area (Å²) in [4.78, 5) is 17.4. The molecule has 3 rings (SSSR count). The quantitative estimate of drug-likeness (QED) is 0.857. The number of aromatic nitrogens is 1. The van der Waals surface area contributed by atoms with Crippen molar-refractivity contribution in [3.63, 3.8) is 0 Å². The first-order chi connectivity index (χ1) is 8.83. The smallest absolute Gasteiger partial charge is 0.227 e. The number of rotatable bonds is 2. The lowest BCUT2D eigenvalue weighted by Gasteiger charge is -2.27. The molecule has 1 N–H and O–H groups in total. The Balaban J connectivity index is 1.68. The normalized spacial score (nSPS) is 14.3. The third-order valence-corrected chi connectivity index (χ3v) is 3.47. The van der Waals surface area contributed by atoms with Gasteiger partial charge in [0, 0.05) is 31.4 Å². The number of amides is 1. The maximum Gasteiger partial charge on any atom is 0.227 e. The number of hydrogen-bond donors (Lipinski definition) is 1. The molecule has 0 saturated heterocycles. The van der Waals surface area contributed by atoms with Gasteiger partial charge in [0.2, 0.25) is 5.91 Å². The SMILES string of the molecule is O=C(Cc1ccccc1)N1CCc2[nH]ccc2C1. The molecular formula is C15H16N2O. The molecule has 2 aromatic rings. The molecule has 18 heavy (non-hydrogen) atoms. The first-order valence-electron chi connectivity index (χ1n) is 6.30. The Hall–Kier alpha value is -2.03. The number of hydrogen-bond acceptors (Lipinski definition) is 1. The molecule has 0 aliphatic carbocycles. The molecule has 1 aliphatic heterocycles. The second-order valence-electron chi connectivity index (χ2n) is 4.71. The van der Waals surface area contributed by atoms with Crippen molar-refractivity contribution in [2.24, 2.45) is 0 Å². The number of aromatic amines is 1. The third-order valence-electron chi connectivity index (χ3n) is 3.47. The Kier molecular flexibility index (Phi) is 2.89. The molecule has 2 heterocycles. The van der Waals surface area contributed by atoms with E-state index in [4.69, 9.17) is 0 Å². The summed E-state index contributed by atoms with van der Waals surface area (Å²) in [6.45, 7) is 1.56. The molecule has 0 atom stereocenters. The monoisotopic (exact) mass is 240 g/mol. The van der Waals surface area contributed by atoms with Gasteiger partial charge in [0.15, 0.2) is 0 Å². The molecule has 92 valence electrons. The lowest BCUT2D eigenvalue weighted by Crippen LogP contribution is -2.36. The average molecular weight is 240 g/mol. The van der Waals surface area contributed by atoms with Crippen molar-refractivity contribution >= 4 is 5.91 Å². The minimum absolute atomic E-state index is 0.216. The van der Waals surface area contributed by atoms with Crippen LogP contribution in [-0.2, 0) is 24.2 Å². The Morgan fingerprint density at radius 1 is 1.22 bits per heavy atom. The van der Waals surface area contributed by atoms with E-state index >= 15 is 0 Å². The fourth-order valence-electron chi connectivity index (χ4n) is 2.44. The van der Waals surface area contributed by atoms with E-state index in [0.29, 0.717) is 6.42 Å². The molecule has 1 aromatic carbocycles. The van der Waals surface area contributed by atoms with Crippen LogP contribution in [0.1, 0.15) is 16.8 Å². The van der Waals surface area contributed by atoms with Gasteiger partial charge in [0.05, 0.1) is 6.42 Å². The number of nitrogens with one attached hydrogen (secondary N) is 1. The Bertz CT molecular complexity index is 545. The predicted octanol–water partition coefficient (Wildman–Crippen LogP) is 2.14. The standard InChI is InChI=1S/C15H16N2O/c18-15(10-12-4-2-1-3-5-12)17-9-7-14-13(11-17)6-8-16-14/h1-6,8,16H,7,9-11H2. The highest BCUT2D eigenvalue weighted by molar-refractivity contribution is 5.79. The molecular weight excluding hydrogens is 224 g/mol. The van der Waals surface area contributed by atoms with E-state index in [1.54, 1.807) is 0 Å². The number of carbonyl (C=O) groups excluding carboxylic acids is 1. The maximum atomic E-state index is 12.2. The molecule has 1 amide bonds. The molecule has 1 aromatic heterocycles. The van der Waals surface area contributed by atoms with Gasteiger partial charge in [-0.1, -0.05) is 30.3 Å². The predicted molar refractivity (Wildman–Crippen MR) is 70.1 cm³/mol. The van der Waals surface area contributed by atoms with Crippen molar-refractivity contribution in [1.29, 1.82) is 0 Å². The van der Waals surface area contributed by atoms with Crippen molar-refractivity contribution in [3.8, 4) is 0 Å². The summed E-state index contributed by atoms with van der Waals surface area (Å²) < 4.78 is 0. The number of fused-ring (bicyclic) bond motifs is 1. The van der Waals surface area contributed by atoms with E-state index in [2.05, 4.69) is 11.1 Å². The van der Waals surface area contributed by atoms with E-state index in [1.807, 2.05) is 41.4 Å². The fourth-order valence-corrected chi connectivity index (χ4v) is 2.44. The van der Waals surface area contributed by atoms with Crippen molar-refractivity contribution in [2.75, 3.05) is 6.54 Å². The largest absolute Gasteiger partial charge is 0.365 e. The number of H-pyrrole nitrogens is 1. The third kappa shape index (κ3) is 2.16. The molecule has 0 bridgehead atoms. The van der Waals surface area contributed by atoms with Gasteiger partial charge in [-0.2, -0.15) is 0 Å². The second-order valence-corrected chi connectivity index (χ2v) is 4.71. The van der Waals surface area contributed by atoms with Crippen LogP contribution in [0.25, 0.3) is 0 Å². The minimum atomic E-state index is 0.216. The van der Waals surface area contributed by atoms with Crippen molar-refractivity contribution in [2.45, 2.75) is 19.4 Å². The Morgan fingerprint density at radius 2 is 2.06 bits per heavy atom. The van der Waals surface area contributed by atoms with Gasteiger partial charge < -0.3 is 9.88 Å². The van der Waals surface area contributed by atoms with Gasteiger partial charge in [0.1, 0.15) is 0 Å². The van der Waals surface area contributed by atoms with Gasteiger partial charge in [-0.05, 0) is 17.2 Å². The van der Waals surface area contributed by atoms with Crippen LogP contribution in [0.3, 0.4) is 0 Å². The number of carbonyl (C=O) groups is 1. The van der Waals surface area contributed by atoms with E-state index in [0.717, 1.165) is 25.1 Å². The van der Waals surface area contributed by atoms with Crippen LogP contribution in [-0.4, -0.2) is 22.3 Å².